The van der Waals surface area contributed by atoms with Gasteiger partial charge in [0, 0.05) is 19.2 Å². The Labute approximate surface area is 108 Å². The molecular weight excluding hydrogens is 226 g/mol. The van der Waals surface area contributed by atoms with Crippen LogP contribution in [0.3, 0.4) is 0 Å². The fourth-order valence-electron chi connectivity index (χ4n) is 1.92. The van der Waals surface area contributed by atoms with Crippen molar-refractivity contribution in [1.29, 1.82) is 5.26 Å². The standard InChI is InChI=1S/C13H19N5/c1-13(2,8-14)17-11-7-12(16-9-15-11)18(3)10-5-4-6-10/h7,9-10H,4-6H2,1-3H3,(H,15,16,17). The quantitative estimate of drug-likeness (QED) is 0.880. The molecule has 18 heavy (non-hydrogen) atoms. The lowest BCUT2D eigenvalue weighted by molar-refractivity contribution is 0.399. The van der Waals surface area contributed by atoms with Crippen molar-refractivity contribution < 1.29 is 0 Å². The van der Waals surface area contributed by atoms with E-state index in [0.29, 0.717) is 11.9 Å². The van der Waals surface area contributed by atoms with E-state index in [1.54, 1.807) is 6.33 Å². The third-order valence-corrected chi connectivity index (χ3v) is 3.36. The zero-order valence-corrected chi connectivity index (χ0v) is 11.1. The van der Waals surface area contributed by atoms with Crippen LogP contribution in [0.4, 0.5) is 11.6 Å². The van der Waals surface area contributed by atoms with Gasteiger partial charge in [0.1, 0.15) is 23.5 Å². The van der Waals surface area contributed by atoms with Crippen LogP contribution >= 0.6 is 0 Å². The highest BCUT2D eigenvalue weighted by Crippen LogP contribution is 2.27. The lowest BCUT2D eigenvalue weighted by Crippen LogP contribution is -2.37. The minimum Gasteiger partial charge on any atom is -0.357 e. The van der Waals surface area contributed by atoms with Crippen LogP contribution < -0.4 is 10.2 Å². The molecule has 5 nitrogen and oxygen atoms in total. The number of hydrogen-bond acceptors (Lipinski definition) is 5. The van der Waals surface area contributed by atoms with Crippen LogP contribution in [0, 0.1) is 11.3 Å². The number of anilines is 2. The molecule has 1 fully saturated rings. The van der Waals surface area contributed by atoms with Gasteiger partial charge in [0.05, 0.1) is 6.07 Å². The fraction of sp³-hybridized carbons (Fsp3) is 0.615. The van der Waals surface area contributed by atoms with Gasteiger partial charge in [-0.2, -0.15) is 5.26 Å². The van der Waals surface area contributed by atoms with Gasteiger partial charge in [0.25, 0.3) is 0 Å². The number of rotatable bonds is 4. The van der Waals surface area contributed by atoms with Gasteiger partial charge in [-0.3, -0.25) is 0 Å². The predicted molar refractivity (Wildman–Crippen MR) is 71.4 cm³/mol. The monoisotopic (exact) mass is 245 g/mol. The summed E-state index contributed by atoms with van der Waals surface area (Å²) >= 11 is 0. The average Bonchev–Trinajstić information content (AvgIpc) is 2.26. The van der Waals surface area contributed by atoms with E-state index >= 15 is 0 Å². The van der Waals surface area contributed by atoms with Crippen LogP contribution in [0.1, 0.15) is 33.1 Å². The molecule has 1 aliphatic carbocycles. The molecule has 0 aromatic carbocycles. The van der Waals surface area contributed by atoms with Gasteiger partial charge in [-0.15, -0.1) is 0 Å². The molecule has 1 saturated carbocycles. The van der Waals surface area contributed by atoms with Crippen LogP contribution in [-0.2, 0) is 0 Å². The summed E-state index contributed by atoms with van der Waals surface area (Å²) in [6.07, 6.45) is 5.30. The molecule has 1 aliphatic rings. The van der Waals surface area contributed by atoms with Gasteiger partial charge in [-0.1, -0.05) is 0 Å². The summed E-state index contributed by atoms with van der Waals surface area (Å²) in [5.41, 5.74) is -0.624. The smallest absolute Gasteiger partial charge is 0.134 e. The lowest BCUT2D eigenvalue weighted by Gasteiger charge is -2.35. The first-order chi connectivity index (χ1) is 8.52. The maximum atomic E-state index is 9.00. The largest absolute Gasteiger partial charge is 0.357 e. The normalized spacial score (nSPS) is 15.7. The van der Waals surface area contributed by atoms with Crippen LogP contribution in [0.5, 0.6) is 0 Å². The Morgan fingerprint density at radius 1 is 1.44 bits per heavy atom. The molecule has 0 aliphatic heterocycles. The molecule has 96 valence electrons. The van der Waals surface area contributed by atoms with Gasteiger partial charge in [-0.05, 0) is 33.1 Å². The Bertz CT molecular complexity index is 459. The van der Waals surface area contributed by atoms with Gasteiger partial charge < -0.3 is 10.2 Å². The van der Waals surface area contributed by atoms with Crippen molar-refractivity contribution in [2.45, 2.75) is 44.7 Å². The molecular formula is C13H19N5. The highest BCUT2D eigenvalue weighted by atomic mass is 15.2. The van der Waals surface area contributed by atoms with Gasteiger partial charge in [0.15, 0.2) is 0 Å². The summed E-state index contributed by atoms with van der Waals surface area (Å²) in [6.45, 7) is 3.65. The van der Waals surface area contributed by atoms with Crippen LogP contribution in [0.25, 0.3) is 0 Å². The molecule has 1 aromatic rings. The van der Waals surface area contributed by atoms with E-state index < -0.39 is 5.54 Å². The predicted octanol–water partition coefficient (Wildman–Crippen LogP) is 2.18. The summed E-state index contributed by atoms with van der Waals surface area (Å²) in [5, 5.41) is 12.1. The Morgan fingerprint density at radius 2 is 2.17 bits per heavy atom. The third kappa shape index (κ3) is 2.70. The molecule has 1 N–H and O–H groups in total. The maximum absolute atomic E-state index is 9.00. The first kappa shape index (κ1) is 12.6. The van der Waals surface area contributed by atoms with Crippen molar-refractivity contribution in [2.24, 2.45) is 0 Å². The first-order valence-electron chi connectivity index (χ1n) is 6.26. The number of nitriles is 1. The zero-order valence-electron chi connectivity index (χ0n) is 11.1. The topological polar surface area (TPSA) is 64.8 Å². The van der Waals surface area contributed by atoms with Crippen molar-refractivity contribution in [1.82, 2.24) is 9.97 Å². The summed E-state index contributed by atoms with van der Waals surface area (Å²) in [4.78, 5) is 10.6. The summed E-state index contributed by atoms with van der Waals surface area (Å²) in [7, 11) is 2.06. The first-order valence-corrected chi connectivity index (χ1v) is 6.26. The molecule has 0 amide bonds. The molecule has 0 atom stereocenters. The van der Waals surface area contributed by atoms with Crippen LogP contribution in [-0.4, -0.2) is 28.6 Å². The van der Waals surface area contributed by atoms with E-state index in [1.807, 2.05) is 19.9 Å². The molecule has 0 unspecified atom stereocenters. The number of nitrogens with zero attached hydrogens (tertiary/aromatic N) is 4. The minimum absolute atomic E-state index is 0.594. The van der Waals surface area contributed by atoms with Gasteiger partial charge in [0.2, 0.25) is 0 Å². The van der Waals surface area contributed by atoms with Crippen molar-refractivity contribution in [2.75, 3.05) is 17.3 Å². The van der Waals surface area contributed by atoms with Crippen molar-refractivity contribution in [3.05, 3.63) is 12.4 Å². The van der Waals surface area contributed by atoms with Crippen LogP contribution in [0.15, 0.2) is 12.4 Å². The fourth-order valence-corrected chi connectivity index (χ4v) is 1.92. The maximum Gasteiger partial charge on any atom is 0.134 e. The highest BCUT2D eigenvalue weighted by molar-refractivity contribution is 5.50. The average molecular weight is 245 g/mol. The van der Waals surface area contributed by atoms with Crippen molar-refractivity contribution >= 4 is 11.6 Å². The molecule has 1 aromatic heterocycles. The summed E-state index contributed by atoms with van der Waals surface area (Å²) < 4.78 is 0. The van der Waals surface area contributed by atoms with E-state index in [2.05, 4.69) is 33.3 Å². The van der Waals surface area contributed by atoms with E-state index in [4.69, 9.17) is 5.26 Å². The lowest BCUT2D eigenvalue weighted by atomic mass is 9.92. The second kappa shape index (κ2) is 4.81. The SMILES string of the molecule is CN(c1cc(NC(C)(C)C#N)ncn1)C1CCC1. The molecule has 2 rings (SSSR count). The highest BCUT2D eigenvalue weighted by Gasteiger charge is 2.23. The Kier molecular flexibility index (Phi) is 3.37. The minimum atomic E-state index is -0.624. The molecule has 0 radical (unpaired) electrons. The zero-order chi connectivity index (χ0) is 13.2. The summed E-state index contributed by atoms with van der Waals surface area (Å²) in [5.74, 6) is 1.60. The number of nitrogens with one attached hydrogen (secondary N) is 1. The molecule has 1 heterocycles. The second-order valence-corrected chi connectivity index (χ2v) is 5.32. The molecule has 0 spiro atoms. The van der Waals surface area contributed by atoms with Gasteiger partial charge in [-0.25, -0.2) is 9.97 Å². The Hall–Kier alpha value is -1.83. The number of aromatic nitrogens is 2. The molecule has 0 saturated heterocycles. The van der Waals surface area contributed by atoms with E-state index in [9.17, 15) is 0 Å². The third-order valence-electron chi connectivity index (χ3n) is 3.36. The Balaban J connectivity index is 2.12. The van der Waals surface area contributed by atoms with Crippen molar-refractivity contribution in [3.8, 4) is 6.07 Å². The van der Waals surface area contributed by atoms with E-state index in [1.165, 1.54) is 19.3 Å². The van der Waals surface area contributed by atoms with Crippen LogP contribution in [0.2, 0.25) is 0 Å². The van der Waals surface area contributed by atoms with Crippen molar-refractivity contribution in [3.63, 3.8) is 0 Å². The van der Waals surface area contributed by atoms with Gasteiger partial charge >= 0.3 is 0 Å². The number of hydrogen-bond donors (Lipinski definition) is 1. The molecule has 5 heteroatoms. The summed E-state index contributed by atoms with van der Waals surface area (Å²) in [6, 6.07) is 4.69. The molecule has 0 bridgehead atoms. The van der Waals surface area contributed by atoms with E-state index in [0.717, 1.165) is 5.82 Å². The van der Waals surface area contributed by atoms with E-state index in [-0.39, 0.29) is 0 Å². The Morgan fingerprint density at radius 3 is 2.72 bits per heavy atom. The second-order valence-electron chi connectivity index (χ2n) is 5.32.